The summed E-state index contributed by atoms with van der Waals surface area (Å²) in [6.45, 7) is 6.89. The van der Waals surface area contributed by atoms with Gasteiger partial charge in [-0.2, -0.15) is 0 Å². The lowest BCUT2D eigenvalue weighted by Gasteiger charge is -2.22. The average molecular weight is 208 g/mol. The van der Waals surface area contributed by atoms with Crippen molar-refractivity contribution in [3.8, 4) is 0 Å². The van der Waals surface area contributed by atoms with Gasteiger partial charge >= 0.3 is 0 Å². The van der Waals surface area contributed by atoms with E-state index in [2.05, 4.69) is 31.1 Å². The fraction of sp³-hybridized carbons (Fsp3) is 0.583. The fourth-order valence-corrected chi connectivity index (χ4v) is 1.29. The maximum absolute atomic E-state index is 9.78. The van der Waals surface area contributed by atoms with Crippen LogP contribution in [0.1, 0.15) is 26.3 Å². The second-order valence-electron chi connectivity index (χ2n) is 4.84. The highest BCUT2D eigenvalue weighted by molar-refractivity contribution is 5.10. The van der Waals surface area contributed by atoms with Gasteiger partial charge in [-0.3, -0.25) is 4.98 Å². The Hall–Kier alpha value is -0.930. The van der Waals surface area contributed by atoms with Crippen LogP contribution in [0.2, 0.25) is 0 Å². The van der Waals surface area contributed by atoms with E-state index in [1.807, 2.05) is 12.1 Å². The molecule has 1 aromatic rings. The van der Waals surface area contributed by atoms with E-state index in [0.29, 0.717) is 13.0 Å². The number of rotatable bonds is 4. The van der Waals surface area contributed by atoms with Crippen molar-refractivity contribution in [2.24, 2.45) is 0 Å². The molecule has 15 heavy (non-hydrogen) atoms. The normalized spacial score (nSPS) is 13.9. The predicted octanol–water partition coefficient (Wildman–Crippen LogP) is 1.37. The van der Waals surface area contributed by atoms with Gasteiger partial charge in [0.2, 0.25) is 0 Å². The van der Waals surface area contributed by atoms with Crippen molar-refractivity contribution in [3.63, 3.8) is 0 Å². The van der Waals surface area contributed by atoms with Crippen LogP contribution in [0.3, 0.4) is 0 Å². The summed E-state index contributed by atoms with van der Waals surface area (Å²) in [4.78, 5) is 3.94. The van der Waals surface area contributed by atoms with Crippen LogP contribution < -0.4 is 5.32 Å². The topological polar surface area (TPSA) is 45.1 Å². The number of aliphatic hydroxyl groups is 1. The van der Waals surface area contributed by atoms with Crippen molar-refractivity contribution in [2.75, 3.05) is 6.54 Å². The van der Waals surface area contributed by atoms with Gasteiger partial charge in [-0.25, -0.2) is 0 Å². The van der Waals surface area contributed by atoms with Crippen molar-refractivity contribution in [1.82, 2.24) is 10.3 Å². The van der Waals surface area contributed by atoms with Gasteiger partial charge in [-0.05, 0) is 44.9 Å². The summed E-state index contributed by atoms with van der Waals surface area (Å²) in [6.07, 6.45) is 3.83. The number of nitrogens with zero attached hydrogens (tertiary/aromatic N) is 1. The molecule has 0 aromatic carbocycles. The van der Waals surface area contributed by atoms with Crippen LogP contribution >= 0.6 is 0 Å². The Kier molecular flexibility index (Phi) is 4.24. The van der Waals surface area contributed by atoms with E-state index in [0.717, 1.165) is 5.56 Å². The lowest BCUT2D eigenvalue weighted by Crippen LogP contribution is -2.41. The molecule has 0 spiro atoms. The van der Waals surface area contributed by atoms with Gasteiger partial charge in [-0.1, -0.05) is 0 Å². The quantitative estimate of drug-likeness (QED) is 0.785. The van der Waals surface area contributed by atoms with Crippen LogP contribution in [0.15, 0.2) is 24.5 Å². The lowest BCUT2D eigenvalue weighted by molar-refractivity contribution is 0.161. The molecule has 1 atom stereocenters. The maximum atomic E-state index is 9.78. The van der Waals surface area contributed by atoms with Gasteiger partial charge in [-0.15, -0.1) is 0 Å². The Morgan fingerprint density at radius 1 is 1.33 bits per heavy atom. The number of β-amino-alcohol motifs (C(OH)–C–C–N with tert-alkyl or cyclic N) is 1. The number of nitrogens with one attached hydrogen (secondary N) is 1. The van der Waals surface area contributed by atoms with Gasteiger partial charge in [0.1, 0.15) is 0 Å². The Morgan fingerprint density at radius 2 is 1.93 bits per heavy atom. The lowest BCUT2D eigenvalue weighted by atomic mass is 10.1. The molecule has 0 saturated heterocycles. The Balaban J connectivity index is 2.34. The molecule has 84 valence electrons. The highest BCUT2D eigenvalue weighted by Crippen LogP contribution is 2.03. The number of hydrogen-bond donors (Lipinski definition) is 2. The van der Waals surface area contributed by atoms with E-state index < -0.39 is 0 Å². The van der Waals surface area contributed by atoms with Gasteiger partial charge < -0.3 is 10.4 Å². The van der Waals surface area contributed by atoms with E-state index in [1.165, 1.54) is 0 Å². The molecule has 0 saturated carbocycles. The van der Waals surface area contributed by atoms with Crippen LogP contribution in [-0.2, 0) is 6.42 Å². The third-order valence-electron chi connectivity index (χ3n) is 2.09. The van der Waals surface area contributed by atoms with Crippen LogP contribution in [0.4, 0.5) is 0 Å². The van der Waals surface area contributed by atoms with E-state index in [1.54, 1.807) is 12.4 Å². The first kappa shape index (κ1) is 12.1. The minimum atomic E-state index is -0.341. The van der Waals surface area contributed by atoms with Gasteiger partial charge in [0.05, 0.1) is 6.10 Å². The van der Waals surface area contributed by atoms with Crippen molar-refractivity contribution >= 4 is 0 Å². The summed E-state index contributed by atoms with van der Waals surface area (Å²) in [7, 11) is 0. The zero-order chi connectivity index (χ0) is 11.3. The molecule has 1 heterocycles. The second kappa shape index (κ2) is 5.24. The van der Waals surface area contributed by atoms with Crippen LogP contribution in [0.25, 0.3) is 0 Å². The molecule has 0 bridgehead atoms. The zero-order valence-corrected chi connectivity index (χ0v) is 9.70. The molecule has 0 fully saturated rings. The van der Waals surface area contributed by atoms with Crippen molar-refractivity contribution in [1.29, 1.82) is 0 Å². The molecule has 3 heteroatoms. The largest absolute Gasteiger partial charge is 0.391 e. The molecule has 0 radical (unpaired) electrons. The first-order valence-electron chi connectivity index (χ1n) is 5.29. The zero-order valence-electron chi connectivity index (χ0n) is 9.70. The third kappa shape index (κ3) is 5.50. The summed E-state index contributed by atoms with van der Waals surface area (Å²) < 4.78 is 0. The highest BCUT2D eigenvalue weighted by Gasteiger charge is 2.12. The summed E-state index contributed by atoms with van der Waals surface area (Å²) in [5, 5.41) is 13.1. The van der Waals surface area contributed by atoms with Gasteiger partial charge in [0, 0.05) is 24.5 Å². The average Bonchev–Trinajstić information content (AvgIpc) is 2.15. The van der Waals surface area contributed by atoms with Crippen molar-refractivity contribution in [3.05, 3.63) is 30.1 Å². The van der Waals surface area contributed by atoms with E-state index in [-0.39, 0.29) is 11.6 Å². The number of hydrogen-bond acceptors (Lipinski definition) is 3. The molecular weight excluding hydrogens is 188 g/mol. The van der Waals surface area contributed by atoms with Crippen molar-refractivity contribution < 1.29 is 5.11 Å². The first-order valence-corrected chi connectivity index (χ1v) is 5.29. The molecule has 1 unspecified atom stereocenters. The van der Waals surface area contributed by atoms with E-state index >= 15 is 0 Å². The molecular formula is C12H20N2O. The third-order valence-corrected chi connectivity index (χ3v) is 2.09. The highest BCUT2D eigenvalue weighted by atomic mass is 16.3. The summed E-state index contributed by atoms with van der Waals surface area (Å²) in [6, 6.07) is 3.86. The molecule has 0 aliphatic rings. The molecule has 1 aromatic heterocycles. The maximum Gasteiger partial charge on any atom is 0.0705 e. The Bertz CT molecular complexity index is 279. The fourth-order valence-electron chi connectivity index (χ4n) is 1.29. The minimum absolute atomic E-state index is 0.0548. The van der Waals surface area contributed by atoms with Crippen molar-refractivity contribution in [2.45, 2.75) is 38.8 Å². The van der Waals surface area contributed by atoms with Crippen LogP contribution in [0.5, 0.6) is 0 Å². The monoisotopic (exact) mass is 208 g/mol. The Labute approximate surface area is 91.5 Å². The summed E-state index contributed by atoms with van der Waals surface area (Å²) in [5.41, 5.74) is 1.17. The molecule has 0 aliphatic carbocycles. The predicted molar refractivity (Wildman–Crippen MR) is 61.7 cm³/mol. The smallest absolute Gasteiger partial charge is 0.0705 e. The number of pyridine rings is 1. The molecule has 3 nitrogen and oxygen atoms in total. The molecule has 1 rings (SSSR count). The standard InChI is InChI=1S/C12H20N2O/c1-12(2,3)14-9-11(15)8-10-4-6-13-7-5-10/h4-7,11,14-15H,8-9H2,1-3H3. The Morgan fingerprint density at radius 3 is 2.47 bits per heavy atom. The number of aromatic nitrogens is 1. The molecule has 2 N–H and O–H groups in total. The summed E-state index contributed by atoms with van der Waals surface area (Å²) in [5.74, 6) is 0. The van der Waals surface area contributed by atoms with Gasteiger partial charge in [0.15, 0.2) is 0 Å². The number of aliphatic hydroxyl groups excluding tert-OH is 1. The molecule has 0 aliphatic heterocycles. The van der Waals surface area contributed by atoms with E-state index in [4.69, 9.17) is 0 Å². The second-order valence-corrected chi connectivity index (χ2v) is 4.84. The van der Waals surface area contributed by atoms with Gasteiger partial charge in [0.25, 0.3) is 0 Å². The minimum Gasteiger partial charge on any atom is -0.391 e. The van der Waals surface area contributed by atoms with Crippen LogP contribution in [-0.4, -0.2) is 28.3 Å². The first-order chi connectivity index (χ1) is 6.97. The van der Waals surface area contributed by atoms with Crippen LogP contribution in [0, 0.1) is 0 Å². The molecule has 0 amide bonds. The SMILES string of the molecule is CC(C)(C)NCC(O)Cc1ccncc1. The summed E-state index contributed by atoms with van der Waals surface area (Å²) >= 11 is 0. The van der Waals surface area contributed by atoms with E-state index in [9.17, 15) is 5.11 Å².